The third kappa shape index (κ3) is 3.67. The van der Waals surface area contributed by atoms with Crippen LogP contribution in [0.3, 0.4) is 0 Å². The zero-order valence-corrected chi connectivity index (χ0v) is 11.8. The first-order valence-corrected chi connectivity index (χ1v) is 6.61. The van der Waals surface area contributed by atoms with E-state index in [0.717, 1.165) is 6.07 Å². The van der Waals surface area contributed by atoms with Gasteiger partial charge in [0.1, 0.15) is 11.6 Å². The molecule has 0 fully saturated rings. The van der Waals surface area contributed by atoms with Gasteiger partial charge in [-0.15, -0.1) is 0 Å². The van der Waals surface area contributed by atoms with Crippen LogP contribution in [0.1, 0.15) is 17.2 Å². The maximum atomic E-state index is 13.2. The van der Waals surface area contributed by atoms with Crippen molar-refractivity contribution in [2.24, 2.45) is 5.84 Å². The number of hydrogen-bond donors (Lipinski definition) is 2. The Morgan fingerprint density at radius 2 is 1.70 bits per heavy atom. The van der Waals surface area contributed by atoms with Crippen LogP contribution >= 0.6 is 23.2 Å². The minimum absolute atomic E-state index is 0.283. The van der Waals surface area contributed by atoms with Gasteiger partial charge in [-0.3, -0.25) is 11.3 Å². The van der Waals surface area contributed by atoms with Gasteiger partial charge in [0, 0.05) is 16.1 Å². The number of hydrogen-bond acceptors (Lipinski definition) is 2. The van der Waals surface area contributed by atoms with Gasteiger partial charge in [0.05, 0.1) is 6.04 Å². The third-order valence-corrected chi connectivity index (χ3v) is 3.48. The second kappa shape index (κ2) is 6.50. The summed E-state index contributed by atoms with van der Waals surface area (Å²) in [5.41, 5.74) is 3.73. The van der Waals surface area contributed by atoms with Crippen molar-refractivity contribution in [3.05, 3.63) is 69.2 Å². The van der Waals surface area contributed by atoms with Crippen LogP contribution in [0.2, 0.25) is 10.0 Å². The van der Waals surface area contributed by atoms with E-state index in [4.69, 9.17) is 29.0 Å². The van der Waals surface area contributed by atoms with Gasteiger partial charge < -0.3 is 0 Å². The minimum Gasteiger partial charge on any atom is -0.271 e. The van der Waals surface area contributed by atoms with Gasteiger partial charge >= 0.3 is 0 Å². The predicted molar refractivity (Wildman–Crippen MR) is 76.6 cm³/mol. The summed E-state index contributed by atoms with van der Waals surface area (Å²) in [6.45, 7) is 0. The van der Waals surface area contributed by atoms with Crippen molar-refractivity contribution in [2.45, 2.75) is 12.5 Å². The molecule has 0 aliphatic carbocycles. The summed E-state index contributed by atoms with van der Waals surface area (Å²) in [5, 5.41) is 0.990. The molecular formula is C14H12Cl2F2N2. The fourth-order valence-corrected chi connectivity index (χ4v) is 2.43. The number of nitrogens with two attached hydrogens (primary N) is 1. The number of hydrazine groups is 1. The van der Waals surface area contributed by atoms with Crippen LogP contribution in [0.4, 0.5) is 8.78 Å². The van der Waals surface area contributed by atoms with E-state index < -0.39 is 17.7 Å². The summed E-state index contributed by atoms with van der Waals surface area (Å²) in [6, 6.07) is 7.91. The molecule has 2 rings (SSSR count). The normalized spacial score (nSPS) is 12.4. The molecule has 1 unspecified atom stereocenters. The van der Waals surface area contributed by atoms with Crippen molar-refractivity contribution in [1.29, 1.82) is 0 Å². The number of halogens is 4. The zero-order chi connectivity index (χ0) is 14.7. The van der Waals surface area contributed by atoms with E-state index in [1.165, 1.54) is 12.1 Å². The molecule has 0 radical (unpaired) electrons. The van der Waals surface area contributed by atoms with Gasteiger partial charge in [-0.25, -0.2) is 8.78 Å². The second-order valence-electron chi connectivity index (χ2n) is 4.37. The van der Waals surface area contributed by atoms with E-state index >= 15 is 0 Å². The summed E-state index contributed by atoms with van der Waals surface area (Å²) >= 11 is 12.0. The Labute approximate surface area is 125 Å². The van der Waals surface area contributed by atoms with Crippen LogP contribution in [0.25, 0.3) is 0 Å². The first kappa shape index (κ1) is 15.2. The molecule has 20 heavy (non-hydrogen) atoms. The standard InChI is InChI=1S/C14H12Cl2F2N2/c15-9-1-2-13(16)12(6-9)14(20-19)5-8-3-10(17)7-11(18)4-8/h1-4,6-7,14,20H,5,19H2. The molecule has 6 heteroatoms. The molecule has 3 N–H and O–H groups in total. The number of benzene rings is 2. The molecule has 0 heterocycles. The number of nitrogens with one attached hydrogen (secondary N) is 1. The van der Waals surface area contributed by atoms with Crippen molar-refractivity contribution >= 4 is 23.2 Å². The van der Waals surface area contributed by atoms with Crippen LogP contribution in [-0.2, 0) is 6.42 Å². The summed E-state index contributed by atoms with van der Waals surface area (Å²) in [4.78, 5) is 0. The molecule has 0 saturated heterocycles. The van der Waals surface area contributed by atoms with E-state index in [2.05, 4.69) is 5.43 Å². The first-order valence-electron chi connectivity index (χ1n) is 5.85. The summed E-state index contributed by atoms with van der Waals surface area (Å²) in [6.07, 6.45) is 0.283. The van der Waals surface area contributed by atoms with E-state index in [1.807, 2.05) is 0 Å². The maximum absolute atomic E-state index is 13.2. The van der Waals surface area contributed by atoms with E-state index in [-0.39, 0.29) is 6.42 Å². The van der Waals surface area contributed by atoms with E-state index in [1.54, 1.807) is 18.2 Å². The molecule has 0 saturated carbocycles. The van der Waals surface area contributed by atoms with Crippen LogP contribution < -0.4 is 11.3 Å². The van der Waals surface area contributed by atoms with Crippen LogP contribution in [-0.4, -0.2) is 0 Å². The van der Waals surface area contributed by atoms with Crippen molar-refractivity contribution in [2.75, 3.05) is 0 Å². The predicted octanol–water partition coefficient (Wildman–Crippen LogP) is 4.02. The molecule has 0 spiro atoms. The fraction of sp³-hybridized carbons (Fsp3) is 0.143. The van der Waals surface area contributed by atoms with Gasteiger partial charge in [-0.2, -0.15) is 0 Å². The highest BCUT2D eigenvalue weighted by Crippen LogP contribution is 2.28. The smallest absolute Gasteiger partial charge is 0.126 e. The lowest BCUT2D eigenvalue weighted by Crippen LogP contribution is -2.29. The average Bonchev–Trinajstić information content (AvgIpc) is 2.38. The van der Waals surface area contributed by atoms with E-state index in [0.29, 0.717) is 21.2 Å². The highest BCUT2D eigenvalue weighted by molar-refractivity contribution is 6.33. The topological polar surface area (TPSA) is 38.0 Å². The third-order valence-electron chi connectivity index (χ3n) is 2.90. The van der Waals surface area contributed by atoms with Gasteiger partial charge in [0.25, 0.3) is 0 Å². The molecule has 0 amide bonds. The Hall–Kier alpha value is -1.20. The molecule has 0 aromatic heterocycles. The van der Waals surface area contributed by atoms with Crippen molar-refractivity contribution in [3.8, 4) is 0 Å². The Balaban J connectivity index is 2.31. The monoisotopic (exact) mass is 316 g/mol. The number of rotatable bonds is 4. The average molecular weight is 317 g/mol. The van der Waals surface area contributed by atoms with Crippen molar-refractivity contribution < 1.29 is 8.78 Å². The highest BCUT2D eigenvalue weighted by atomic mass is 35.5. The largest absolute Gasteiger partial charge is 0.271 e. The Bertz CT molecular complexity index is 600. The van der Waals surface area contributed by atoms with Gasteiger partial charge in [0.15, 0.2) is 0 Å². The van der Waals surface area contributed by atoms with Gasteiger partial charge in [-0.1, -0.05) is 23.2 Å². The molecular weight excluding hydrogens is 305 g/mol. The highest BCUT2D eigenvalue weighted by Gasteiger charge is 2.15. The second-order valence-corrected chi connectivity index (χ2v) is 5.21. The molecule has 2 nitrogen and oxygen atoms in total. The molecule has 0 bridgehead atoms. The molecule has 2 aromatic carbocycles. The Morgan fingerprint density at radius 3 is 2.30 bits per heavy atom. The van der Waals surface area contributed by atoms with E-state index in [9.17, 15) is 8.78 Å². The SMILES string of the molecule is NNC(Cc1cc(F)cc(F)c1)c1cc(Cl)ccc1Cl. The lowest BCUT2D eigenvalue weighted by atomic mass is 9.99. The molecule has 1 atom stereocenters. The lowest BCUT2D eigenvalue weighted by molar-refractivity contribution is 0.540. The lowest BCUT2D eigenvalue weighted by Gasteiger charge is -2.18. The van der Waals surface area contributed by atoms with Gasteiger partial charge in [-0.05, 0) is 47.9 Å². The fourth-order valence-electron chi connectivity index (χ4n) is 2.00. The summed E-state index contributed by atoms with van der Waals surface area (Å²) in [5.74, 6) is 4.25. The first-order chi connectivity index (χ1) is 9.49. The summed E-state index contributed by atoms with van der Waals surface area (Å²) < 4.78 is 26.4. The molecule has 0 aliphatic rings. The maximum Gasteiger partial charge on any atom is 0.126 e. The van der Waals surface area contributed by atoms with Crippen molar-refractivity contribution in [3.63, 3.8) is 0 Å². The van der Waals surface area contributed by atoms with Crippen LogP contribution in [0, 0.1) is 11.6 Å². The van der Waals surface area contributed by atoms with Crippen LogP contribution in [0.15, 0.2) is 36.4 Å². The van der Waals surface area contributed by atoms with Crippen LogP contribution in [0.5, 0.6) is 0 Å². The zero-order valence-electron chi connectivity index (χ0n) is 10.3. The quantitative estimate of drug-likeness (QED) is 0.660. The Kier molecular flexibility index (Phi) is 4.94. The molecule has 2 aromatic rings. The summed E-state index contributed by atoms with van der Waals surface area (Å²) in [7, 11) is 0. The minimum atomic E-state index is -0.632. The Morgan fingerprint density at radius 1 is 1.05 bits per heavy atom. The molecule has 106 valence electrons. The molecule has 0 aliphatic heterocycles. The van der Waals surface area contributed by atoms with Gasteiger partial charge in [0.2, 0.25) is 0 Å². The van der Waals surface area contributed by atoms with Crippen molar-refractivity contribution in [1.82, 2.24) is 5.43 Å².